The molecule has 136 valence electrons. The van der Waals surface area contributed by atoms with Gasteiger partial charge in [-0.1, -0.05) is 18.2 Å². The summed E-state index contributed by atoms with van der Waals surface area (Å²) >= 11 is 0. The number of benzene rings is 1. The molecule has 1 aromatic carbocycles. The van der Waals surface area contributed by atoms with Gasteiger partial charge in [0.25, 0.3) is 0 Å². The smallest absolute Gasteiger partial charge is 0.355 e. The summed E-state index contributed by atoms with van der Waals surface area (Å²) in [6, 6.07) is 7.24. The van der Waals surface area contributed by atoms with Gasteiger partial charge in [0.15, 0.2) is 0 Å². The van der Waals surface area contributed by atoms with Gasteiger partial charge in [-0.15, -0.1) is 0 Å². The first kappa shape index (κ1) is 17.8. The first-order valence-corrected chi connectivity index (χ1v) is 8.04. The van der Waals surface area contributed by atoms with Crippen molar-refractivity contribution in [3.05, 3.63) is 60.0 Å². The number of carbonyl (C=O) groups is 2. The SMILES string of the molecule is COC(=O)C1=C(C(=O)OC)N(c2ccccc2OC2COC2)C=CC=C1. The number of nitrogens with zero attached hydrogens (tertiary/aromatic N) is 1. The lowest BCUT2D eigenvalue weighted by atomic mass is 10.1. The molecule has 0 unspecified atom stereocenters. The average molecular weight is 357 g/mol. The minimum atomic E-state index is -0.664. The molecule has 2 aliphatic heterocycles. The summed E-state index contributed by atoms with van der Waals surface area (Å²) in [6.07, 6.45) is 6.49. The number of allylic oxidation sites excluding steroid dienone is 2. The predicted octanol–water partition coefficient (Wildman–Crippen LogP) is 1.95. The number of hydrogen-bond acceptors (Lipinski definition) is 7. The Hall–Kier alpha value is -3.06. The van der Waals surface area contributed by atoms with Crippen LogP contribution in [0.15, 0.2) is 60.0 Å². The van der Waals surface area contributed by atoms with Crippen LogP contribution in [0.25, 0.3) is 0 Å². The highest BCUT2D eigenvalue weighted by molar-refractivity contribution is 6.05. The number of methoxy groups -OCH3 is 2. The van der Waals surface area contributed by atoms with Crippen LogP contribution in [0.1, 0.15) is 0 Å². The molecule has 0 atom stereocenters. The predicted molar refractivity (Wildman–Crippen MR) is 93.5 cm³/mol. The van der Waals surface area contributed by atoms with Crippen LogP contribution in [0.3, 0.4) is 0 Å². The lowest BCUT2D eigenvalue weighted by molar-refractivity contribution is -0.139. The van der Waals surface area contributed by atoms with E-state index in [0.717, 1.165) is 0 Å². The van der Waals surface area contributed by atoms with Crippen molar-refractivity contribution in [1.82, 2.24) is 0 Å². The first-order chi connectivity index (χ1) is 12.7. The molecular weight excluding hydrogens is 338 g/mol. The zero-order chi connectivity index (χ0) is 18.5. The highest BCUT2D eigenvalue weighted by atomic mass is 16.6. The molecule has 0 N–H and O–H groups in total. The van der Waals surface area contributed by atoms with Crippen LogP contribution in [0.5, 0.6) is 5.75 Å². The molecule has 0 bridgehead atoms. The van der Waals surface area contributed by atoms with Gasteiger partial charge in [-0.3, -0.25) is 0 Å². The van der Waals surface area contributed by atoms with E-state index in [1.54, 1.807) is 35.4 Å². The third-order valence-electron chi connectivity index (χ3n) is 3.92. The zero-order valence-electron chi connectivity index (χ0n) is 14.5. The molecule has 0 aromatic heterocycles. The second kappa shape index (κ2) is 7.88. The fourth-order valence-electron chi connectivity index (χ4n) is 2.57. The lowest BCUT2D eigenvalue weighted by Crippen LogP contribution is -2.39. The molecule has 2 heterocycles. The molecule has 0 spiro atoms. The number of anilines is 1. The number of carbonyl (C=O) groups excluding carboxylic acids is 2. The van der Waals surface area contributed by atoms with E-state index in [9.17, 15) is 9.59 Å². The van der Waals surface area contributed by atoms with Crippen LogP contribution < -0.4 is 9.64 Å². The van der Waals surface area contributed by atoms with E-state index >= 15 is 0 Å². The Morgan fingerprint density at radius 1 is 1.08 bits per heavy atom. The fraction of sp³-hybridized carbons (Fsp3) is 0.263. The van der Waals surface area contributed by atoms with Crippen molar-refractivity contribution in [2.45, 2.75) is 6.10 Å². The molecule has 1 saturated heterocycles. The standard InChI is InChI=1S/C19H19NO6/c1-23-18(21)14-7-5-6-10-20(17(14)19(22)24-2)15-8-3-4-9-16(15)26-13-11-25-12-13/h3-10,13H,11-12H2,1-2H3. The Morgan fingerprint density at radius 3 is 2.46 bits per heavy atom. The van der Waals surface area contributed by atoms with Crippen LogP contribution in [-0.2, 0) is 23.8 Å². The molecule has 1 fully saturated rings. The summed E-state index contributed by atoms with van der Waals surface area (Å²) in [5.41, 5.74) is 0.734. The van der Waals surface area contributed by atoms with Crippen molar-refractivity contribution in [1.29, 1.82) is 0 Å². The minimum Gasteiger partial charge on any atom is -0.483 e. The minimum absolute atomic E-state index is 0.0455. The maximum Gasteiger partial charge on any atom is 0.355 e. The Morgan fingerprint density at radius 2 is 1.81 bits per heavy atom. The Bertz CT molecular complexity index is 791. The molecule has 0 aliphatic carbocycles. The van der Waals surface area contributed by atoms with Gasteiger partial charge in [-0.25, -0.2) is 9.59 Å². The number of hydrogen-bond donors (Lipinski definition) is 0. The van der Waals surface area contributed by atoms with Crippen molar-refractivity contribution < 1.29 is 28.5 Å². The maximum atomic E-state index is 12.5. The molecule has 0 radical (unpaired) electrons. The van der Waals surface area contributed by atoms with Crippen molar-refractivity contribution >= 4 is 17.6 Å². The second-order valence-corrected chi connectivity index (χ2v) is 5.56. The Kier molecular flexibility index (Phi) is 5.38. The van der Waals surface area contributed by atoms with Gasteiger partial charge in [-0.2, -0.15) is 0 Å². The van der Waals surface area contributed by atoms with Crippen LogP contribution in [-0.4, -0.2) is 45.5 Å². The van der Waals surface area contributed by atoms with E-state index in [1.807, 2.05) is 12.1 Å². The van der Waals surface area contributed by atoms with Crippen molar-refractivity contribution in [3.63, 3.8) is 0 Å². The monoisotopic (exact) mass is 357 g/mol. The lowest BCUT2D eigenvalue weighted by Gasteiger charge is -2.30. The molecule has 3 rings (SSSR count). The van der Waals surface area contributed by atoms with Crippen molar-refractivity contribution in [2.24, 2.45) is 0 Å². The topological polar surface area (TPSA) is 74.3 Å². The van der Waals surface area contributed by atoms with E-state index in [0.29, 0.717) is 24.7 Å². The first-order valence-electron chi connectivity index (χ1n) is 8.04. The number of esters is 2. The Labute approximate surface area is 151 Å². The van der Waals surface area contributed by atoms with Gasteiger partial charge >= 0.3 is 11.9 Å². The zero-order valence-corrected chi connectivity index (χ0v) is 14.5. The number of rotatable bonds is 5. The van der Waals surface area contributed by atoms with Crippen LogP contribution in [0.2, 0.25) is 0 Å². The molecule has 7 heteroatoms. The van der Waals surface area contributed by atoms with Gasteiger partial charge in [-0.05, 0) is 24.3 Å². The fourth-order valence-corrected chi connectivity index (χ4v) is 2.57. The van der Waals surface area contributed by atoms with Crippen LogP contribution >= 0.6 is 0 Å². The summed E-state index contributed by atoms with van der Waals surface area (Å²) in [4.78, 5) is 26.2. The Balaban J connectivity index is 2.09. The van der Waals surface area contributed by atoms with Gasteiger partial charge in [0.05, 0.1) is 38.7 Å². The van der Waals surface area contributed by atoms with Gasteiger partial charge in [0, 0.05) is 6.20 Å². The van der Waals surface area contributed by atoms with Gasteiger partial charge in [0.2, 0.25) is 0 Å². The normalized spacial score (nSPS) is 16.8. The highest BCUT2D eigenvalue weighted by Gasteiger charge is 2.30. The van der Waals surface area contributed by atoms with Gasteiger partial charge < -0.3 is 23.8 Å². The summed E-state index contributed by atoms with van der Waals surface area (Å²) in [5, 5.41) is 0. The molecule has 7 nitrogen and oxygen atoms in total. The third kappa shape index (κ3) is 3.48. The van der Waals surface area contributed by atoms with Gasteiger partial charge in [0.1, 0.15) is 17.6 Å². The van der Waals surface area contributed by atoms with Crippen molar-refractivity contribution in [3.8, 4) is 5.75 Å². The maximum absolute atomic E-state index is 12.5. The van der Waals surface area contributed by atoms with E-state index in [-0.39, 0.29) is 17.4 Å². The third-order valence-corrected chi connectivity index (χ3v) is 3.92. The molecule has 0 saturated carbocycles. The molecular formula is C19H19NO6. The number of para-hydroxylation sites is 2. The number of ether oxygens (including phenoxy) is 4. The summed E-state index contributed by atoms with van der Waals surface area (Å²) in [5.74, 6) is -0.734. The highest BCUT2D eigenvalue weighted by Crippen LogP contribution is 2.34. The largest absolute Gasteiger partial charge is 0.483 e. The molecule has 1 aromatic rings. The second-order valence-electron chi connectivity index (χ2n) is 5.56. The van der Waals surface area contributed by atoms with E-state index in [4.69, 9.17) is 18.9 Å². The van der Waals surface area contributed by atoms with Crippen LogP contribution in [0.4, 0.5) is 5.69 Å². The summed E-state index contributed by atoms with van der Waals surface area (Å²) in [6.45, 7) is 1.03. The summed E-state index contributed by atoms with van der Waals surface area (Å²) < 4.78 is 20.8. The van der Waals surface area contributed by atoms with Crippen LogP contribution in [0, 0.1) is 0 Å². The van der Waals surface area contributed by atoms with E-state index in [1.165, 1.54) is 20.3 Å². The quantitative estimate of drug-likeness (QED) is 0.746. The van der Waals surface area contributed by atoms with Crippen molar-refractivity contribution in [2.75, 3.05) is 32.3 Å². The van der Waals surface area contributed by atoms with E-state index < -0.39 is 11.9 Å². The molecule has 0 amide bonds. The molecule has 26 heavy (non-hydrogen) atoms. The summed E-state index contributed by atoms with van der Waals surface area (Å²) in [7, 11) is 2.52. The van der Waals surface area contributed by atoms with E-state index in [2.05, 4.69) is 0 Å². The molecule has 2 aliphatic rings. The average Bonchev–Trinajstić information content (AvgIpc) is 2.86.